The van der Waals surface area contributed by atoms with Crippen LogP contribution in [0.15, 0.2) is 0 Å². The zero-order valence-electron chi connectivity index (χ0n) is 7.64. The fourth-order valence-electron chi connectivity index (χ4n) is 2.32. The molecule has 1 aliphatic heterocycles. The summed E-state index contributed by atoms with van der Waals surface area (Å²) in [6.07, 6.45) is 7.30. The van der Waals surface area contributed by atoms with Gasteiger partial charge in [0.25, 0.3) is 0 Å². The minimum atomic E-state index is 0.852. The third-order valence-corrected chi connectivity index (χ3v) is 4.14. The maximum atomic E-state index is 3.60. The number of rotatable bonds is 3. The van der Waals surface area contributed by atoms with Crippen LogP contribution in [-0.4, -0.2) is 29.4 Å². The average molecular weight is 232 g/mol. The SMILES string of the molecule is BrCC1CCCN1CC1CCC1. The number of likely N-dealkylation sites (tertiary alicyclic amines) is 1. The monoisotopic (exact) mass is 231 g/mol. The molecular weight excluding hydrogens is 214 g/mol. The quantitative estimate of drug-likeness (QED) is 0.676. The molecule has 1 unspecified atom stereocenters. The molecule has 2 rings (SSSR count). The van der Waals surface area contributed by atoms with Crippen LogP contribution in [0, 0.1) is 5.92 Å². The van der Waals surface area contributed by atoms with E-state index in [9.17, 15) is 0 Å². The lowest BCUT2D eigenvalue weighted by atomic mass is 9.85. The van der Waals surface area contributed by atoms with Crippen molar-refractivity contribution in [2.75, 3.05) is 18.4 Å². The normalized spacial score (nSPS) is 32.2. The van der Waals surface area contributed by atoms with E-state index in [1.165, 1.54) is 50.5 Å². The van der Waals surface area contributed by atoms with Crippen molar-refractivity contribution in [3.63, 3.8) is 0 Å². The van der Waals surface area contributed by atoms with E-state index in [1.807, 2.05) is 0 Å². The molecule has 12 heavy (non-hydrogen) atoms. The van der Waals surface area contributed by atoms with Crippen molar-refractivity contribution in [3.05, 3.63) is 0 Å². The smallest absolute Gasteiger partial charge is 0.0193 e. The van der Waals surface area contributed by atoms with Crippen LogP contribution in [0.5, 0.6) is 0 Å². The molecule has 0 radical (unpaired) electrons. The molecule has 0 aromatic carbocycles. The Hall–Kier alpha value is 0.440. The number of alkyl halides is 1. The fourth-order valence-corrected chi connectivity index (χ4v) is 3.05. The summed E-state index contributed by atoms with van der Waals surface area (Å²) in [5, 5.41) is 1.18. The second kappa shape index (κ2) is 4.10. The number of hydrogen-bond acceptors (Lipinski definition) is 1. The van der Waals surface area contributed by atoms with Crippen molar-refractivity contribution in [2.24, 2.45) is 5.92 Å². The Bertz CT molecular complexity index is 145. The van der Waals surface area contributed by atoms with Crippen LogP contribution in [0.4, 0.5) is 0 Å². The standard InChI is InChI=1S/C10H18BrN/c11-7-10-5-2-6-12(10)8-9-3-1-4-9/h9-10H,1-8H2. The Morgan fingerprint density at radius 1 is 1.17 bits per heavy atom. The molecule has 0 aromatic heterocycles. The number of nitrogens with zero attached hydrogens (tertiary/aromatic N) is 1. The predicted molar refractivity (Wildman–Crippen MR) is 55.7 cm³/mol. The Labute approximate surface area is 83.6 Å². The topological polar surface area (TPSA) is 3.24 Å². The third-order valence-electron chi connectivity index (χ3n) is 3.39. The molecular formula is C10H18BrN. The Kier molecular flexibility index (Phi) is 3.08. The van der Waals surface area contributed by atoms with E-state index in [0.29, 0.717) is 0 Å². The second-order valence-corrected chi connectivity index (χ2v) is 4.89. The van der Waals surface area contributed by atoms with E-state index in [-0.39, 0.29) is 0 Å². The molecule has 1 atom stereocenters. The summed E-state index contributed by atoms with van der Waals surface area (Å²) in [4.78, 5) is 2.69. The van der Waals surface area contributed by atoms with Gasteiger partial charge in [0, 0.05) is 17.9 Å². The minimum Gasteiger partial charge on any atom is -0.299 e. The van der Waals surface area contributed by atoms with Gasteiger partial charge in [-0.05, 0) is 38.1 Å². The van der Waals surface area contributed by atoms with E-state index in [4.69, 9.17) is 0 Å². The molecule has 0 aromatic rings. The van der Waals surface area contributed by atoms with Crippen LogP contribution in [-0.2, 0) is 0 Å². The van der Waals surface area contributed by atoms with Crippen LogP contribution in [0.3, 0.4) is 0 Å². The summed E-state index contributed by atoms with van der Waals surface area (Å²) < 4.78 is 0. The lowest BCUT2D eigenvalue weighted by Crippen LogP contribution is -2.36. The van der Waals surface area contributed by atoms with Gasteiger partial charge in [-0.2, -0.15) is 0 Å². The maximum absolute atomic E-state index is 3.60. The predicted octanol–water partition coefficient (Wildman–Crippen LogP) is 2.65. The van der Waals surface area contributed by atoms with Crippen LogP contribution >= 0.6 is 15.9 Å². The molecule has 1 nitrogen and oxygen atoms in total. The zero-order valence-corrected chi connectivity index (χ0v) is 9.22. The van der Waals surface area contributed by atoms with Gasteiger partial charge >= 0.3 is 0 Å². The molecule has 0 spiro atoms. The largest absolute Gasteiger partial charge is 0.299 e. The third kappa shape index (κ3) is 1.85. The van der Waals surface area contributed by atoms with Crippen LogP contribution < -0.4 is 0 Å². The molecule has 2 heteroatoms. The maximum Gasteiger partial charge on any atom is 0.0193 e. The molecule has 70 valence electrons. The zero-order chi connectivity index (χ0) is 8.39. The van der Waals surface area contributed by atoms with Gasteiger partial charge in [-0.25, -0.2) is 0 Å². The highest BCUT2D eigenvalue weighted by Crippen LogP contribution is 2.30. The van der Waals surface area contributed by atoms with Gasteiger partial charge in [-0.3, -0.25) is 4.90 Å². The Morgan fingerprint density at radius 2 is 2.00 bits per heavy atom. The highest BCUT2D eigenvalue weighted by molar-refractivity contribution is 9.09. The highest BCUT2D eigenvalue weighted by Gasteiger charge is 2.27. The van der Waals surface area contributed by atoms with E-state index in [0.717, 1.165) is 12.0 Å². The van der Waals surface area contributed by atoms with Crippen molar-refractivity contribution in [1.29, 1.82) is 0 Å². The van der Waals surface area contributed by atoms with E-state index in [1.54, 1.807) is 0 Å². The van der Waals surface area contributed by atoms with Gasteiger partial charge in [0.05, 0.1) is 0 Å². The van der Waals surface area contributed by atoms with E-state index >= 15 is 0 Å². The first-order chi connectivity index (χ1) is 5.90. The average Bonchev–Trinajstić information content (AvgIpc) is 2.43. The molecule has 0 bridgehead atoms. The molecule has 2 fully saturated rings. The number of hydrogen-bond donors (Lipinski definition) is 0. The van der Waals surface area contributed by atoms with Crippen LogP contribution in [0.1, 0.15) is 32.1 Å². The second-order valence-electron chi connectivity index (χ2n) is 4.24. The van der Waals surface area contributed by atoms with Gasteiger partial charge < -0.3 is 0 Å². The Morgan fingerprint density at radius 3 is 2.58 bits per heavy atom. The highest BCUT2D eigenvalue weighted by atomic mass is 79.9. The molecule has 1 aliphatic carbocycles. The summed E-state index contributed by atoms with van der Waals surface area (Å²) >= 11 is 3.60. The van der Waals surface area contributed by atoms with Gasteiger partial charge in [-0.1, -0.05) is 22.4 Å². The van der Waals surface area contributed by atoms with Gasteiger partial charge in [-0.15, -0.1) is 0 Å². The van der Waals surface area contributed by atoms with Gasteiger partial charge in [0.15, 0.2) is 0 Å². The first-order valence-electron chi connectivity index (χ1n) is 5.20. The summed E-state index contributed by atoms with van der Waals surface area (Å²) in [5.74, 6) is 1.05. The van der Waals surface area contributed by atoms with Crippen molar-refractivity contribution in [1.82, 2.24) is 4.90 Å². The molecule has 0 amide bonds. The Balaban J connectivity index is 1.77. The summed E-state index contributed by atoms with van der Waals surface area (Å²) in [5.41, 5.74) is 0. The molecule has 1 saturated carbocycles. The first-order valence-corrected chi connectivity index (χ1v) is 6.32. The summed E-state index contributed by atoms with van der Waals surface area (Å²) in [6.45, 7) is 2.74. The molecule has 1 heterocycles. The van der Waals surface area contributed by atoms with Crippen molar-refractivity contribution in [3.8, 4) is 0 Å². The van der Waals surface area contributed by atoms with Crippen molar-refractivity contribution < 1.29 is 0 Å². The molecule has 0 N–H and O–H groups in total. The summed E-state index contributed by atoms with van der Waals surface area (Å²) in [6, 6.07) is 0.852. The minimum absolute atomic E-state index is 0.852. The van der Waals surface area contributed by atoms with E-state index < -0.39 is 0 Å². The summed E-state index contributed by atoms with van der Waals surface area (Å²) in [7, 11) is 0. The number of halogens is 1. The first kappa shape index (κ1) is 9.01. The van der Waals surface area contributed by atoms with Gasteiger partial charge in [0.2, 0.25) is 0 Å². The van der Waals surface area contributed by atoms with Gasteiger partial charge in [0.1, 0.15) is 0 Å². The van der Waals surface area contributed by atoms with E-state index in [2.05, 4.69) is 20.8 Å². The van der Waals surface area contributed by atoms with Crippen molar-refractivity contribution in [2.45, 2.75) is 38.1 Å². The van der Waals surface area contributed by atoms with Crippen LogP contribution in [0.2, 0.25) is 0 Å². The molecule has 1 saturated heterocycles. The lowest BCUT2D eigenvalue weighted by molar-refractivity contribution is 0.175. The molecule has 2 aliphatic rings. The lowest BCUT2D eigenvalue weighted by Gasteiger charge is -2.32. The van der Waals surface area contributed by atoms with Crippen LogP contribution in [0.25, 0.3) is 0 Å². The van der Waals surface area contributed by atoms with Crippen molar-refractivity contribution >= 4 is 15.9 Å². The fraction of sp³-hybridized carbons (Fsp3) is 1.00.